The van der Waals surface area contributed by atoms with Crippen LogP contribution in [0.1, 0.15) is 16.7 Å². The number of aliphatic hydroxyl groups is 1. The van der Waals surface area contributed by atoms with Crippen molar-refractivity contribution in [3.8, 4) is 0 Å². The molecule has 1 N–H and O–H groups in total. The summed E-state index contributed by atoms with van der Waals surface area (Å²) in [5.41, 5.74) is 0.786. The second-order valence-electron chi connectivity index (χ2n) is 6.25. The molecule has 0 unspecified atom stereocenters. The van der Waals surface area contributed by atoms with Gasteiger partial charge in [0, 0.05) is 11.1 Å². The number of aliphatic hydroxyl groups excluding tert-OH is 1. The summed E-state index contributed by atoms with van der Waals surface area (Å²) in [4.78, 5) is 12.6. The minimum atomic E-state index is -1.41. The van der Waals surface area contributed by atoms with Crippen molar-refractivity contribution in [3.05, 3.63) is 119 Å². The minimum absolute atomic E-state index is 0.161. The molecule has 1 heterocycles. The van der Waals surface area contributed by atoms with Gasteiger partial charge in [0.2, 0.25) is 11.4 Å². The van der Waals surface area contributed by atoms with Crippen LogP contribution >= 0.6 is 0 Å². The van der Waals surface area contributed by atoms with Crippen molar-refractivity contribution in [1.29, 1.82) is 0 Å². The lowest BCUT2D eigenvalue weighted by Gasteiger charge is -2.28. The molecule has 0 bridgehead atoms. The number of cyclic esters (lactones) is 1. The predicted octanol–water partition coefficient (Wildman–Crippen LogP) is 4.47. The number of ether oxygens (including phenoxy) is 2. The molecule has 1 aliphatic heterocycles. The van der Waals surface area contributed by atoms with Gasteiger partial charge in [-0.25, -0.2) is 4.79 Å². The van der Waals surface area contributed by atoms with E-state index in [9.17, 15) is 9.90 Å². The summed E-state index contributed by atoms with van der Waals surface area (Å²) in [6.45, 7) is 0.162. The van der Waals surface area contributed by atoms with Crippen molar-refractivity contribution >= 4 is 5.97 Å². The third-order valence-electron chi connectivity index (χ3n) is 4.57. The molecular formula is C23H18O4. The van der Waals surface area contributed by atoms with Crippen LogP contribution in [0.2, 0.25) is 0 Å². The summed E-state index contributed by atoms with van der Waals surface area (Å²) in [5, 5.41) is 11.1. The zero-order valence-electron chi connectivity index (χ0n) is 14.5. The van der Waals surface area contributed by atoms with E-state index >= 15 is 0 Å². The Morgan fingerprint density at radius 3 is 1.78 bits per heavy atom. The van der Waals surface area contributed by atoms with E-state index in [1.54, 1.807) is 0 Å². The summed E-state index contributed by atoms with van der Waals surface area (Å²) in [5.74, 6) is -1.08. The molecule has 27 heavy (non-hydrogen) atoms. The summed E-state index contributed by atoms with van der Waals surface area (Å²) < 4.78 is 11.4. The Hall–Kier alpha value is -3.53. The molecule has 134 valence electrons. The molecular weight excluding hydrogens is 340 g/mol. The van der Waals surface area contributed by atoms with E-state index in [1.165, 1.54) is 0 Å². The zero-order valence-corrected chi connectivity index (χ0v) is 14.5. The molecule has 0 aliphatic carbocycles. The highest BCUT2D eigenvalue weighted by Gasteiger charge is 2.52. The van der Waals surface area contributed by atoms with Crippen LogP contribution in [0.3, 0.4) is 0 Å². The van der Waals surface area contributed by atoms with Crippen LogP contribution in [0.4, 0.5) is 0 Å². The van der Waals surface area contributed by atoms with Crippen molar-refractivity contribution in [2.75, 3.05) is 0 Å². The first-order chi connectivity index (χ1) is 13.2. The molecule has 0 amide bonds. The van der Waals surface area contributed by atoms with Crippen molar-refractivity contribution in [3.63, 3.8) is 0 Å². The van der Waals surface area contributed by atoms with Crippen LogP contribution < -0.4 is 0 Å². The minimum Gasteiger partial charge on any atom is -0.504 e. The summed E-state index contributed by atoms with van der Waals surface area (Å²) in [6, 6.07) is 27.8. The first kappa shape index (κ1) is 16.9. The van der Waals surface area contributed by atoms with Gasteiger partial charge < -0.3 is 14.6 Å². The standard InChI is InChI=1S/C23H18O4/c24-21-20(26-16-17-10-4-1-5-11-17)22(25)27-23(21,18-12-6-2-7-13-18)19-14-8-3-9-15-19/h1-15,24H,16H2. The second-order valence-corrected chi connectivity index (χ2v) is 6.25. The zero-order chi connectivity index (χ0) is 18.7. The molecule has 0 spiro atoms. The molecule has 3 aromatic carbocycles. The second kappa shape index (κ2) is 7.00. The molecule has 0 fully saturated rings. The number of hydrogen-bond acceptors (Lipinski definition) is 4. The lowest BCUT2D eigenvalue weighted by atomic mass is 9.85. The average molecular weight is 358 g/mol. The molecule has 0 radical (unpaired) electrons. The third kappa shape index (κ3) is 2.95. The molecule has 0 saturated heterocycles. The van der Waals surface area contributed by atoms with E-state index in [0.717, 1.165) is 5.56 Å². The number of esters is 1. The van der Waals surface area contributed by atoms with Gasteiger partial charge in [-0.15, -0.1) is 0 Å². The highest BCUT2D eigenvalue weighted by molar-refractivity contribution is 5.91. The van der Waals surface area contributed by atoms with Crippen LogP contribution in [0.15, 0.2) is 103 Å². The van der Waals surface area contributed by atoms with Gasteiger partial charge in [-0.1, -0.05) is 91.0 Å². The first-order valence-corrected chi connectivity index (χ1v) is 8.66. The SMILES string of the molecule is O=C1OC(c2ccccc2)(c2ccccc2)C(O)=C1OCc1ccccc1. The van der Waals surface area contributed by atoms with Crippen LogP contribution in [-0.4, -0.2) is 11.1 Å². The van der Waals surface area contributed by atoms with E-state index < -0.39 is 11.6 Å². The maximum Gasteiger partial charge on any atom is 0.379 e. The molecule has 4 rings (SSSR count). The summed E-state index contributed by atoms with van der Waals surface area (Å²) >= 11 is 0. The highest BCUT2D eigenvalue weighted by Crippen LogP contribution is 2.45. The summed E-state index contributed by atoms with van der Waals surface area (Å²) in [7, 11) is 0. The number of carbonyl (C=O) groups excluding carboxylic acids is 1. The Bertz CT molecular complexity index is 924. The van der Waals surface area contributed by atoms with Gasteiger partial charge in [0.15, 0.2) is 5.76 Å². The fraction of sp³-hybridized carbons (Fsp3) is 0.0870. The van der Waals surface area contributed by atoms with Crippen molar-refractivity contribution in [2.45, 2.75) is 12.2 Å². The predicted molar refractivity (Wildman–Crippen MR) is 101 cm³/mol. The molecule has 4 heteroatoms. The maximum atomic E-state index is 12.6. The fourth-order valence-electron chi connectivity index (χ4n) is 3.25. The van der Waals surface area contributed by atoms with Gasteiger partial charge in [-0.2, -0.15) is 0 Å². The van der Waals surface area contributed by atoms with E-state index in [-0.39, 0.29) is 18.1 Å². The molecule has 4 nitrogen and oxygen atoms in total. The largest absolute Gasteiger partial charge is 0.504 e. The van der Waals surface area contributed by atoms with Gasteiger partial charge in [-0.05, 0) is 5.56 Å². The number of hydrogen-bond donors (Lipinski definition) is 1. The molecule has 1 aliphatic rings. The maximum absolute atomic E-state index is 12.6. The Labute approximate surface area is 157 Å². The lowest BCUT2D eigenvalue weighted by Crippen LogP contribution is -2.30. The van der Waals surface area contributed by atoms with Gasteiger partial charge in [0.25, 0.3) is 0 Å². The Morgan fingerprint density at radius 1 is 0.778 bits per heavy atom. The third-order valence-corrected chi connectivity index (χ3v) is 4.57. The molecule has 3 aromatic rings. The number of benzene rings is 3. The van der Waals surface area contributed by atoms with Gasteiger partial charge >= 0.3 is 5.97 Å². The molecule has 0 aromatic heterocycles. The molecule has 0 saturated carbocycles. The molecule has 0 atom stereocenters. The first-order valence-electron chi connectivity index (χ1n) is 8.66. The Balaban J connectivity index is 1.78. The average Bonchev–Trinajstić information content (AvgIpc) is 2.99. The normalized spacial score (nSPS) is 15.5. The van der Waals surface area contributed by atoms with Crippen LogP contribution in [0.25, 0.3) is 0 Å². The Morgan fingerprint density at radius 2 is 1.26 bits per heavy atom. The van der Waals surface area contributed by atoms with Gasteiger partial charge in [0.05, 0.1) is 0 Å². The van der Waals surface area contributed by atoms with E-state index in [2.05, 4.69) is 0 Å². The fourth-order valence-corrected chi connectivity index (χ4v) is 3.25. The van der Waals surface area contributed by atoms with Crippen molar-refractivity contribution in [2.24, 2.45) is 0 Å². The van der Waals surface area contributed by atoms with E-state index in [1.807, 2.05) is 91.0 Å². The van der Waals surface area contributed by atoms with Crippen molar-refractivity contribution < 1.29 is 19.4 Å². The van der Waals surface area contributed by atoms with E-state index in [4.69, 9.17) is 9.47 Å². The van der Waals surface area contributed by atoms with E-state index in [0.29, 0.717) is 11.1 Å². The van der Waals surface area contributed by atoms with Crippen molar-refractivity contribution in [1.82, 2.24) is 0 Å². The van der Waals surface area contributed by atoms with Crippen LogP contribution in [0, 0.1) is 0 Å². The van der Waals surface area contributed by atoms with Crippen LogP contribution in [0.5, 0.6) is 0 Å². The van der Waals surface area contributed by atoms with Crippen LogP contribution in [-0.2, 0) is 26.5 Å². The Kier molecular flexibility index (Phi) is 4.38. The number of rotatable bonds is 5. The highest BCUT2D eigenvalue weighted by atomic mass is 16.6. The topological polar surface area (TPSA) is 55.8 Å². The van der Waals surface area contributed by atoms with Gasteiger partial charge in [-0.3, -0.25) is 0 Å². The lowest BCUT2D eigenvalue weighted by molar-refractivity contribution is -0.148. The monoisotopic (exact) mass is 358 g/mol. The van der Waals surface area contributed by atoms with Gasteiger partial charge in [0.1, 0.15) is 6.61 Å². The summed E-state index contributed by atoms with van der Waals surface area (Å²) in [6.07, 6.45) is 0. The number of carbonyl (C=O) groups is 1. The quantitative estimate of drug-likeness (QED) is 0.684. The smallest absolute Gasteiger partial charge is 0.379 e.